The van der Waals surface area contributed by atoms with Crippen molar-refractivity contribution in [3.63, 3.8) is 0 Å². The number of ether oxygens (including phenoxy) is 2. The molecule has 7 nitrogen and oxygen atoms in total. The van der Waals surface area contributed by atoms with E-state index in [1.807, 2.05) is 48.5 Å². The number of piperidine rings is 1. The van der Waals surface area contributed by atoms with Gasteiger partial charge in [0, 0.05) is 25.7 Å². The second-order valence-corrected chi connectivity index (χ2v) is 11.2. The van der Waals surface area contributed by atoms with Crippen LogP contribution in [0.3, 0.4) is 0 Å². The van der Waals surface area contributed by atoms with E-state index >= 15 is 0 Å². The Hall–Kier alpha value is -3.36. The summed E-state index contributed by atoms with van der Waals surface area (Å²) in [6, 6.07) is 24.3. The number of benzene rings is 3. The molecule has 4 rings (SSSR count). The van der Waals surface area contributed by atoms with Gasteiger partial charge in [-0.25, -0.2) is 8.42 Å². The average molecular weight is 523 g/mol. The Labute approximate surface area is 219 Å². The van der Waals surface area contributed by atoms with Crippen LogP contribution < -0.4 is 9.47 Å². The fraction of sp³-hybridized carbons (Fsp3) is 0.345. The van der Waals surface area contributed by atoms with Crippen molar-refractivity contribution in [2.45, 2.75) is 30.7 Å². The Morgan fingerprint density at radius 1 is 0.892 bits per heavy atom. The van der Waals surface area contributed by atoms with Crippen LogP contribution in [0.15, 0.2) is 83.8 Å². The molecule has 37 heavy (non-hydrogen) atoms. The first-order valence-corrected chi connectivity index (χ1v) is 13.9. The summed E-state index contributed by atoms with van der Waals surface area (Å²) in [5.41, 5.74) is 2.10. The Balaban J connectivity index is 1.51. The number of rotatable bonds is 10. The van der Waals surface area contributed by atoms with E-state index in [9.17, 15) is 13.2 Å². The zero-order valence-corrected chi connectivity index (χ0v) is 22.2. The molecule has 1 heterocycles. The zero-order valence-electron chi connectivity index (χ0n) is 21.4. The van der Waals surface area contributed by atoms with Crippen molar-refractivity contribution < 1.29 is 22.7 Å². The lowest BCUT2D eigenvalue weighted by Gasteiger charge is -2.33. The van der Waals surface area contributed by atoms with Gasteiger partial charge < -0.3 is 14.4 Å². The first-order valence-electron chi connectivity index (χ1n) is 12.5. The predicted molar refractivity (Wildman–Crippen MR) is 143 cm³/mol. The standard InChI is InChI=1S/C29H34N2O5S/c1-35-26-13-14-27(36-2)28(20-26)37(33,34)31(21-25-11-7-4-8-12-25)22-29(32)30-17-15-24(16-18-30)19-23-9-5-3-6-10-23/h3-14,20,24H,15-19,21-22H2,1-2H3. The van der Waals surface area contributed by atoms with Crippen LogP contribution >= 0.6 is 0 Å². The zero-order chi connectivity index (χ0) is 26.3. The second kappa shape index (κ2) is 12.3. The molecular weight excluding hydrogens is 488 g/mol. The van der Waals surface area contributed by atoms with Gasteiger partial charge >= 0.3 is 0 Å². The van der Waals surface area contributed by atoms with E-state index in [0.29, 0.717) is 24.8 Å². The van der Waals surface area contributed by atoms with Crippen LogP contribution in [-0.4, -0.2) is 57.4 Å². The number of hydrogen-bond acceptors (Lipinski definition) is 5. The van der Waals surface area contributed by atoms with E-state index < -0.39 is 10.0 Å². The molecule has 0 aliphatic carbocycles. The molecule has 8 heteroatoms. The van der Waals surface area contributed by atoms with Gasteiger partial charge in [-0.15, -0.1) is 0 Å². The molecule has 1 saturated heterocycles. The molecule has 196 valence electrons. The topological polar surface area (TPSA) is 76.1 Å². The van der Waals surface area contributed by atoms with Crippen molar-refractivity contribution in [2.24, 2.45) is 5.92 Å². The number of amides is 1. The maximum Gasteiger partial charge on any atom is 0.247 e. The highest BCUT2D eigenvalue weighted by Crippen LogP contribution is 2.31. The molecule has 1 aliphatic rings. The fourth-order valence-corrected chi connectivity index (χ4v) is 6.27. The molecule has 0 spiro atoms. The quantitative estimate of drug-likeness (QED) is 0.395. The smallest absolute Gasteiger partial charge is 0.247 e. The summed E-state index contributed by atoms with van der Waals surface area (Å²) in [7, 11) is -1.18. The number of likely N-dealkylation sites (tertiary alicyclic amines) is 1. The van der Waals surface area contributed by atoms with E-state index in [1.54, 1.807) is 17.0 Å². The second-order valence-electron chi connectivity index (χ2n) is 9.29. The predicted octanol–water partition coefficient (Wildman–Crippen LogP) is 4.38. The summed E-state index contributed by atoms with van der Waals surface area (Å²) >= 11 is 0. The van der Waals surface area contributed by atoms with Gasteiger partial charge in [-0.1, -0.05) is 60.7 Å². The highest BCUT2D eigenvalue weighted by atomic mass is 32.2. The highest BCUT2D eigenvalue weighted by Gasteiger charge is 2.32. The van der Waals surface area contributed by atoms with E-state index in [-0.39, 0.29) is 29.6 Å². The third kappa shape index (κ3) is 6.70. The van der Waals surface area contributed by atoms with Gasteiger partial charge in [0.2, 0.25) is 15.9 Å². The van der Waals surface area contributed by atoms with Crippen molar-refractivity contribution in [3.05, 3.63) is 90.0 Å². The number of carbonyl (C=O) groups is 1. The maximum absolute atomic E-state index is 13.9. The normalized spacial score (nSPS) is 14.5. The first-order chi connectivity index (χ1) is 17.9. The minimum Gasteiger partial charge on any atom is -0.497 e. The third-order valence-electron chi connectivity index (χ3n) is 6.84. The highest BCUT2D eigenvalue weighted by molar-refractivity contribution is 7.89. The van der Waals surface area contributed by atoms with Crippen molar-refractivity contribution >= 4 is 15.9 Å². The maximum atomic E-state index is 13.9. The summed E-state index contributed by atoms with van der Waals surface area (Å²) in [5, 5.41) is 0. The van der Waals surface area contributed by atoms with Gasteiger partial charge in [0.15, 0.2) is 0 Å². The van der Waals surface area contributed by atoms with Crippen LogP contribution in [0.5, 0.6) is 11.5 Å². The molecule has 0 N–H and O–H groups in total. The molecule has 0 aromatic heterocycles. The first kappa shape index (κ1) is 26.7. The Morgan fingerprint density at radius 2 is 1.51 bits per heavy atom. The summed E-state index contributed by atoms with van der Waals surface area (Å²) in [6.07, 6.45) is 2.79. The third-order valence-corrected chi connectivity index (χ3v) is 8.65. The van der Waals surface area contributed by atoms with Gasteiger partial charge in [-0.3, -0.25) is 4.79 Å². The summed E-state index contributed by atoms with van der Waals surface area (Å²) in [4.78, 5) is 15.1. The molecule has 1 aliphatic heterocycles. The lowest BCUT2D eigenvalue weighted by atomic mass is 9.90. The van der Waals surface area contributed by atoms with Gasteiger partial charge in [0.1, 0.15) is 16.4 Å². The number of sulfonamides is 1. The SMILES string of the molecule is COc1ccc(OC)c(S(=O)(=O)N(CC(=O)N2CCC(Cc3ccccc3)CC2)Cc2ccccc2)c1. The Morgan fingerprint density at radius 3 is 2.11 bits per heavy atom. The van der Waals surface area contributed by atoms with Crippen molar-refractivity contribution in [1.29, 1.82) is 0 Å². The van der Waals surface area contributed by atoms with Gasteiger partial charge in [0.05, 0.1) is 20.8 Å². The number of nitrogens with zero attached hydrogens (tertiary/aromatic N) is 2. The van der Waals surface area contributed by atoms with E-state index in [4.69, 9.17) is 9.47 Å². The number of hydrogen-bond donors (Lipinski definition) is 0. The Kier molecular flexibility index (Phi) is 8.84. The van der Waals surface area contributed by atoms with E-state index in [1.165, 1.54) is 30.2 Å². The van der Waals surface area contributed by atoms with E-state index in [0.717, 1.165) is 24.8 Å². The van der Waals surface area contributed by atoms with Crippen LogP contribution in [0.1, 0.15) is 24.0 Å². The largest absolute Gasteiger partial charge is 0.497 e. The molecule has 0 unspecified atom stereocenters. The lowest BCUT2D eigenvalue weighted by Crippen LogP contribution is -2.45. The van der Waals surface area contributed by atoms with E-state index in [2.05, 4.69) is 12.1 Å². The fourth-order valence-electron chi connectivity index (χ4n) is 4.72. The van der Waals surface area contributed by atoms with Crippen LogP contribution in [0.4, 0.5) is 0 Å². The van der Waals surface area contributed by atoms with Crippen LogP contribution in [0.25, 0.3) is 0 Å². The molecule has 0 atom stereocenters. The van der Waals surface area contributed by atoms with Gasteiger partial charge in [-0.2, -0.15) is 4.31 Å². The molecule has 1 amide bonds. The van der Waals surface area contributed by atoms with Gasteiger partial charge in [0.25, 0.3) is 0 Å². The number of methoxy groups -OCH3 is 2. The Bertz CT molecular complexity index is 1270. The minimum atomic E-state index is -4.08. The average Bonchev–Trinajstić information content (AvgIpc) is 2.93. The van der Waals surface area contributed by atoms with Crippen molar-refractivity contribution in [3.8, 4) is 11.5 Å². The minimum absolute atomic E-state index is 0.0281. The molecule has 1 fully saturated rings. The molecule has 0 bridgehead atoms. The van der Waals surface area contributed by atoms with Crippen LogP contribution in [0, 0.1) is 5.92 Å². The summed E-state index contributed by atoms with van der Waals surface area (Å²) < 4.78 is 39.6. The van der Waals surface area contributed by atoms with Crippen molar-refractivity contribution in [1.82, 2.24) is 9.21 Å². The summed E-state index contributed by atoms with van der Waals surface area (Å²) in [5.74, 6) is 0.912. The van der Waals surface area contributed by atoms with Crippen LogP contribution in [-0.2, 0) is 27.8 Å². The van der Waals surface area contributed by atoms with Crippen LogP contribution in [0.2, 0.25) is 0 Å². The lowest BCUT2D eigenvalue weighted by molar-refractivity contribution is -0.132. The monoisotopic (exact) mass is 522 g/mol. The van der Waals surface area contributed by atoms with Crippen molar-refractivity contribution in [2.75, 3.05) is 33.9 Å². The molecule has 0 radical (unpaired) electrons. The molecule has 0 saturated carbocycles. The van der Waals surface area contributed by atoms with Gasteiger partial charge in [-0.05, 0) is 48.4 Å². The molecular formula is C29H34N2O5S. The molecule has 3 aromatic rings. The summed E-state index contributed by atoms with van der Waals surface area (Å²) in [6.45, 7) is 1.07. The molecule has 3 aromatic carbocycles. The number of carbonyl (C=O) groups excluding carboxylic acids is 1.